The van der Waals surface area contributed by atoms with Crippen LogP contribution < -0.4 is 5.73 Å². The summed E-state index contributed by atoms with van der Waals surface area (Å²) in [4.78, 5) is 18.0. The smallest absolute Gasteiger partial charge is 0.325 e. The number of nitrogens with one attached hydrogen (secondary N) is 1. The van der Waals surface area contributed by atoms with Crippen LogP contribution in [0.4, 0.5) is 0 Å². The van der Waals surface area contributed by atoms with E-state index in [1.165, 1.54) is 0 Å². The molecule has 1 aromatic carbocycles. The number of H-pyrrole nitrogens is 1. The molecule has 0 aliphatic heterocycles. The van der Waals surface area contributed by atoms with E-state index in [-0.39, 0.29) is 0 Å². The highest BCUT2D eigenvalue weighted by atomic mass is 16.4. The molecule has 0 fully saturated rings. The number of rotatable bonds is 2. The average molecular weight is 205 g/mol. The Labute approximate surface area is 85.9 Å². The number of hydrogen-bond acceptors (Lipinski definition) is 3. The monoisotopic (exact) mass is 205 g/mol. The highest BCUT2D eigenvalue weighted by molar-refractivity contribution is 5.86. The van der Waals surface area contributed by atoms with Crippen molar-refractivity contribution in [2.45, 2.75) is 13.0 Å². The van der Waals surface area contributed by atoms with E-state index in [2.05, 4.69) is 9.97 Å². The number of benzene rings is 1. The zero-order valence-electron chi connectivity index (χ0n) is 8.19. The molecule has 0 aliphatic rings. The van der Waals surface area contributed by atoms with Gasteiger partial charge in [0, 0.05) is 5.56 Å². The molecule has 1 atom stereocenters. The van der Waals surface area contributed by atoms with Crippen LogP contribution in [0.25, 0.3) is 11.0 Å². The minimum absolute atomic E-state index is 0.532. The lowest BCUT2D eigenvalue weighted by Crippen LogP contribution is -2.20. The summed E-state index contributed by atoms with van der Waals surface area (Å²) >= 11 is 0. The zero-order chi connectivity index (χ0) is 11.0. The first-order chi connectivity index (χ1) is 7.09. The lowest BCUT2D eigenvalue weighted by Gasteiger charge is -2.06. The van der Waals surface area contributed by atoms with E-state index in [1.807, 2.05) is 13.0 Å². The zero-order valence-corrected chi connectivity index (χ0v) is 8.19. The molecule has 1 unspecified atom stereocenters. The standard InChI is InChI=1S/C10H11N3O2/c1-5-12-7-4-2-3-6(9(7)13-5)8(11)10(14)15/h2-4,8H,11H2,1H3,(H,12,13)(H,14,15). The first kappa shape index (κ1) is 9.67. The van der Waals surface area contributed by atoms with Gasteiger partial charge in [0.25, 0.3) is 0 Å². The summed E-state index contributed by atoms with van der Waals surface area (Å²) in [6, 6.07) is 4.25. The number of aryl methyl sites for hydroxylation is 1. The van der Waals surface area contributed by atoms with Crippen molar-refractivity contribution in [1.29, 1.82) is 0 Å². The summed E-state index contributed by atoms with van der Waals surface area (Å²) < 4.78 is 0. The van der Waals surface area contributed by atoms with Crippen LogP contribution >= 0.6 is 0 Å². The molecule has 1 aromatic heterocycles. The van der Waals surface area contributed by atoms with Crippen LogP contribution in [0.1, 0.15) is 17.4 Å². The molecule has 0 radical (unpaired) electrons. The maximum absolute atomic E-state index is 10.8. The van der Waals surface area contributed by atoms with Gasteiger partial charge in [-0.3, -0.25) is 4.79 Å². The first-order valence-corrected chi connectivity index (χ1v) is 4.53. The number of hydrogen-bond donors (Lipinski definition) is 3. The van der Waals surface area contributed by atoms with Gasteiger partial charge >= 0.3 is 5.97 Å². The SMILES string of the molecule is Cc1nc2c(C(N)C(=O)O)cccc2[nH]1. The van der Waals surface area contributed by atoms with E-state index < -0.39 is 12.0 Å². The molecule has 4 N–H and O–H groups in total. The molecule has 0 spiro atoms. The van der Waals surface area contributed by atoms with Gasteiger partial charge in [0.1, 0.15) is 11.9 Å². The van der Waals surface area contributed by atoms with Crippen molar-refractivity contribution in [3.63, 3.8) is 0 Å². The molecule has 0 bridgehead atoms. The molecule has 0 amide bonds. The number of para-hydroxylation sites is 1. The average Bonchev–Trinajstić information content (AvgIpc) is 2.56. The van der Waals surface area contributed by atoms with E-state index >= 15 is 0 Å². The molecular formula is C10H11N3O2. The van der Waals surface area contributed by atoms with Crippen molar-refractivity contribution in [1.82, 2.24) is 9.97 Å². The number of nitrogens with two attached hydrogens (primary N) is 1. The molecule has 5 nitrogen and oxygen atoms in total. The number of carboxylic acids is 1. The maximum Gasteiger partial charge on any atom is 0.325 e. The van der Waals surface area contributed by atoms with E-state index in [4.69, 9.17) is 10.8 Å². The fourth-order valence-corrected chi connectivity index (χ4v) is 1.56. The lowest BCUT2D eigenvalue weighted by molar-refractivity contribution is -0.138. The van der Waals surface area contributed by atoms with Gasteiger partial charge in [0.05, 0.1) is 11.0 Å². The van der Waals surface area contributed by atoms with Gasteiger partial charge < -0.3 is 15.8 Å². The number of carboxylic acid groups (broad SMARTS) is 1. The Bertz CT molecular complexity index is 518. The molecule has 2 aromatic rings. The number of fused-ring (bicyclic) bond motifs is 1. The molecule has 0 saturated carbocycles. The fraction of sp³-hybridized carbons (Fsp3) is 0.200. The Kier molecular flexibility index (Phi) is 2.17. The van der Waals surface area contributed by atoms with Crippen molar-refractivity contribution in [3.05, 3.63) is 29.6 Å². The Balaban J connectivity index is 2.64. The van der Waals surface area contributed by atoms with Crippen LogP contribution in [0.5, 0.6) is 0 Å². The topological polar surface area (TPSA) is 92.0 Å². The normalized spacial score (nSPS) is 12.9. The van der Waals surface area contributed by atoms with E-state index in [1.54, 1.807) is 12.1 Å². The molecule has 78 valence electrons. The second kappa shape index (κ2) is 3.36. The molecule has 2 rings (SSSR count). The molecule has 0 aliphatic carbocycles. The minimum atomic E-state index is -1.05. The Hall–Kier alpha value is -1.88. The van der Waals surface area contributed by atoms with Crippen LogP contribution in [-0.4, -0.2) is 21.0 Å². The molecule has 1 heterocycles. The summed E-state index contributed by atoms with van der Waals surface area (Å²) in [5, 5.41) is 8.84. The molecule has 5 heteroatoms. The predicted molar refractivity (Wildman–Crippen MR) is 55.4 cm³/mol. The van der Waals surface area contributed by atoms with Gasteiger partial charge in [0.2, 0.25) is 0 Å². The van der Waals surface area contributed by atoms with Gasteiger partial charge in [-0.25, -0.2) is 4.98 Å². The summed E-state index contributed by atoms with van der Waals surface area (Å²) in [6.45, 7) is 1.82. The van der Waals surface area contributed by atoms with Crippen LogP contribution in [-0.2, 0) is 4.79 Å². The van der Waals surface area contributed by atoms with Gasteiger partial charge in [0.15, 0.2) is 0 Å². The number of imidazole rings is 1. The minimum Gasteiger partial charge on any atom is -0.480 e. The van der Waals surface area contributed by atoms with Gasteiger partial charge in [-0.05, 0) is 13.0 Å². The third-order valence-corrected chi connectivity index (χ3v) is 2.26. The molecule has 0 saturated heterocycles. The third-order valence-electron chi connectivity index (χ3n) is 2.26. The second-order valence-corrected chi connectivity index (χ2v) is 3.38. The lowest BCUT2D eigenvalue weighted by atomic mass is 10.1. The Morgan fingerprint density at radius 3 is 3.00 bits per heavy atom. The van der Waals surface area contributed by atoms with E-state index in [0.29, 0.717) is 11.1 Å². The van der Waals surface area contributed by atoms with Gasteiger partial charge in [-0.1, -0.05) is 12.1 Å². The maximum atomic E-state index is 10.8. The Morgan fingerprint density at radius 2 is 2.33 bits per heavy atom. The molecule has 15 heavy (non-hydrogen) atoms. The van der Waals surface area contributed by atoms with Crippen LogP contribution in [0.2, 0.25) is 0 Å². The number of aliphatic carboxylic acids is 1. The number of aromatic nitrogens is 2. The van der Waals surface area contributed by atoms with Crippen molar-refractivity contribution in [3.8, 4) is 0 Å². The summed E-state index contributed by atoms with van der Waals surface area (Å²) in [7, 11) is 0. The van der Waals surface area contributed by atoms with E-state index in [9.17, 15) is 4.79 Å². The third kappa shape index (κ3) is 1.57. The Morgan fingerprint density at radius 1 is 1.60 bits per heavy atom. The van der Waals surface area contributed by atoms with Crippen molar-refractivity contribution >= 4 is 17.0 Å². The summed E-state index contributed by atoms with van der Waals surface area (Å²) in [5.41, 5.74) is 7.53. The highest BCUT2D eigenvalue weighted by Gasteiger charge is 2.18. The number of nitrogens with zero attached hydrogens (tertiary/aromatic N) is 1. The second-order valence-electron chi connectivity index (χ2n) is 3.38. The molecular weight excluding hydrogens is 194 g/mol. The van der Waals surface area contributed by atoms with E-state index in [0.717, 1.165) is 11.3 Å². The van der Waals surface area contributed by atoms with Crippen LogP contribution in [0, 0.1) is 6.92 Å². The van der Waals surface area contributed by atoms with Gasteiger partial charge in [-0.2, -0.15) is 0 Å². The highest BCUT2D eigenvalue weighted by Crippen LogP contribution is 2.21. The summed E-state index contributed by atoms with van der Waals surface area (Å²) in [6.07, 6.45) is 0. The van der Waals surface area contributed by atoms with Gasteiger partial charge in [-0.15, -0.1) is 0 Å². The van der Waals surface area contributed by atoms with Crippen molar-refractivity contribution in [2.75, 3.05) is 0 Å². The largest absolute Gasteiger partial charge is 0.480 e. The number of carbonyl (C=O) groups is 1. The van der Waals surface area contributed by atoms with Crippen LogP contribution in [0.15, 0.2) is 18.2 Å². The number of aromatic amines is 1. The van der Waals surface area contributed by atoms with Crippen molar-refractivity contribution < 1.29 is 9.90 Å². The first-order valence-electron chi connectivity index (χ1n) is 4.53. The predicted octanol–water partition coefficient (Wildman–Crippen LogP) is 0.956. The quantitative estimate of drug-likeness (QED) is 0.680. The summed E-state index contributed by atoms with van der Waals surface area (Å²) in [5.74, 6) is -0.307. The van der Waals surface area contributed by atoms with Crippen molar-refractivity contribution in [2.24, 2.45) is 5.73 Å². The fourth-order valence-electron chi connectivity index (χ4n) is 1.56. The van der Waals surface area contributed by atoms with Crippen LogP contribution in [0.3, 0.4) is 0 Å².